The van der Waals surface area contributed by atoms with Crippen LogP contribution in [0.3, 0.4) is 0 Å². The smallest absolute Gasteiger partial charge is 0.267 e. The van der Waals surface area contributed by atoms with Gasteiger partial charge in [-0.15, -0.1) is 0 Å². The third-order valence-corrected chi connectivity index (χ3v) is 4.13. The second-order valence-corrected chi connectivity index (χ2v) is 5.70. The lowest BCUT2D eigenvalue weighted by Gasteiger charge is -2.07. The van der Waals surface area contributed by atoms with Gasteiger partial charge in [-0.25, -0.2) is 4.98 Å². The monoisotopic (exact) mass is 404 g/mol. The first-order valence-corrected chi connectivity index (χ1v) is 6.91. The Morgan fingerprint density at radius 3 is 2.94 bits per heavy atom. The lowest BCUT2D eigenvalue weighted by Crippen LogP contribution is -2.24. The van der Waals surface area contributed by atoms with Gasteiger partial charge in [0.15, 0.2) is 0 Å². The molecule has 0 atom stereocenters. The highest BCUT2D eigenvalue weighted by atomic mass is 127. The van der Waals surface area contributed by atoms with Crippen molar-refractivity contribution in [3.05, 3.63) is 60.2 Å². The average molecular weight is 405 g/mol. The van der Waals surface area contributed by atoms with Crippen molar-refractivity contribution in [1.29, 1.82) is 0 Å². The van der Waals surface area contributed by atoms with Gasteiger partial charge in [0, 0.05) is 4.47 Å². The zero-order valence-electron chi connectivity index (χ0n) is 9.15. The van der Waals surface area contributed by atoms with Gasteiger partial charge in [-0.05, 0) is 47.2 Å². The van der Waals surface area contributed by atoms with Crippen molar-refractivity contribution in [1.82, 2.24) is 9.55 Å². The number of rotatable bonds is 2. The first-order chi connectivity index (χ1) is 8.08. The normalized spacial score (nSPS) is 10.5. The Hall–Kier alpha value is -0.690. The van der Waals surface area contributed by atoms with E-state index in [1.54, 1.807) is 10.9 Å². The molecular weight excluding hydrogens is 395 g/mol. The standard InChI is InChI=1S/C12H10BrIN2O/c1-8-11(14)12(17)16(7-15-8)6-9-3-2-4-10(13)5-9/h2-5,7H,6H2,1H3. The average Bonchev–Trinajstić information content (AvgIpc) is 2.30. The summed E-state index contributed by atoms with van der Waals surface area (Å²) >= 11 is 5.45. The fourth-order valence-electron chi connectivity index (χ4n) is 1.49. The van der Waals surface area contributed by atoms with Gasteiger partial charge in [-0.2, -0.15) is 0 Å². The maximum atomic E-state index is 12.0. The van der Waals surface area contributed by atoms with Crippen molar-refractivity contribution >= 4 is 38.5 Å². The molecule has 0 aliphatic rings. The summed E-state index contributed by atoms with van der Waals surface area (Å²) in [4.78, 5) is 16.2. The molecule has 0 spiro atoms. The quantitative estimate of drug-likeness (QED) is 0.721. The van der Waals surface area contributed by atoms with Crippen molar-refractivity contribution < 1.29 is 0 Å². The second-order valence-electron chi connectivity index (χ2n) is 3.71. The lowest BCUT2D eigenvalue weighted by molar-refractivity contribution is 0.723. The van der Waals surface area contributed by atoms with Gasteiger partial charge in [-0.1, -0.05) is 28.1 Å². The molecule has 0 radical (unpaired) electrons. The number of hydrogen-bond donors (Lipinski definition) is 0. The van der Waals surface area contributed by atoms with Crippen LogP contribution in [0.25, 0.3) is 0 Å². The maximum Gasteiger partial charge on any atom is 0.267 e. The summed E-state index contributed by atoms with van der Waals surface area (Å²) in [5.41, 5.74) is 1.86. The third-order valence-electron chi connectivity index (χ3n) is 2.40. The Morgan fingerprint density at radius 2 is 2.24 bits per heavy atom. The number of aryl methyl sites for hydroxylation is 1. The van der Waals surface area contributed by atoms with E-state index in [2.05, 4.69) is 20.9 Å². The number of nitrogens with zero attached hydrogens (tertiary/aromatic N) is 2. The van der Waals surface area contributed by atoms with E-state index >= 15 is 0 Å². The van der Waals surface area contributed by atoms with E-state index in [0.717, 1.165) is 15.7 Å². The van der Waals surface area contributed by atoms with E-state index < -0.39 is 0 Å². The molecule has 2 aromatic rings. The summed E-state index contributed by atoms with van der Waals surface area (Å²) in [6.45, 7) is 2.38. The van der Waals surface area contributed by atoms with Crippen LogP contribution in [0, 0.1) is 10.5 Å². The topological polar surface area (TPSA) is 34.9 Å². The molecule has 0 N–H and O–H groups in total. The predicted octanol–water partition coefficient (Wildman–Crippen LogP) is 2.97. The van der Waals surface area contributed by atoms with Gasteiger partial charge < -0.3 is 0 Å². The number of hydrogen-bond acceptors (Lipinski definition) is 2. The molecule has 0 aliphatic heterocycles. The number of benzene rings is 1. The first-order valence-electron chi connectivity index (χ1n) is 5.04. The van der Waals surface area contributed by atoms with Crippen molar-refractivity contribution in [3.8, 4) is 0 Å². The van der Waals surface area contributed by atoms with Crippen LogP contribution < -0.4 is 5.56 Å². The molecule has 0 fully saturated rings. The van der Waals surface area contributed by atoms with Gasteiger partial charge in [0.25, 0.3) is 5.56 Å². The van der Waals surface area contributed by atoms with Crippen LogP contribution in [-0.4, -0.2) is 9.55 Å². The van der Waals surface area contributed by atoms with E-state index in [4.69, 9.17) is 0 Å². The molecular formula is C12H10BrIN2O. The molecule has 3 nitrogen and oxygen atoms in total. The number of aromatic nitrogens is 2. The van der Waals surface area contributed by atoms with Gasteiger partial charge >= 0.3 is 0 Å². The van der Waals surface area contributed by atoms with Crippen LogP contribution in [-0.2, 0) is 6.54 Å². The van der Waals surface area contributed by atoms with E-state index in [1.807, 2.05) is 53.8 Å². The zero-order chi connectivity index (χ0) is 12.4. The molecule has 0 unspecified atom stereocenters. The summed E-state index contributed by atoms with van der Waals surface area (Å²) in [5, 5.41) is 0. The van der Waals surface area contributed by atoms with Crippen LogP contribution in [0.1, 0.15) is 11.3 Å². The zero-order valence-corrected chi connectivity index (χ0v) is 12.9. The lowest BCUT2D eigenvalue weighted by atomic mass is 10.2. The molecule has 5 heteroatoms. The highest BCUT2D eigenvalue weighted by Gasteiger charge is 2.05. The van der Waals surface area contributed by atoms with E-state index in [1.165, 1.54) is 0 Å². The molecule has 0 amide bonds. The van der Waals surface area contributed by atoms with Gasteiger partial charge in [-0.3, -0.25) is 9.36 Å². The van der Waals surface area contributed by atoms with E-state index in [-0.39, 0.29) is 5.56 Å². The summed E-state index contributed by atoms with van der Waals surface area (Å²) in [7, 11) is 0. The van der Waals surface area contributed by atoms with Crippen molar-refractivity contribution in [2.24, 2.45) is 0 Å². The van der Waals surface area contributed by atoms with Gasteiger partial charge in [0.05, 0.1) is 22.1 Å². The molecule has 0 saturated heterocycles. The summed E-state index contributed by atoms with van der Waals surface area (Å²) in [5.74, 6) is 0. The molecule has 88 valence electrons. The number of halogens is 2. The Labute approximate surface area is 121 Å². The minimum Gasteiger partial charge on any atom is -0.294 e. The Balaban J connectivity index is 2.37. The third kappa shape index (κ3) is 2.95. The molecule has 2 rings (SSSR count). The molecule has 0 bridgehead atoms. The van der Waals surface area contributed by atoms with Crippen LogP contribution in [0.15, 0.2) is 39.9 Å². The van der Waals surface area contributed by atoms with Crippen molar-refractivity contribution in [3.63, 3.8) is 0 Å². The molecule has 0 saturated carbocycles. The molecule has 0 aliphatic carbocycles. The molecule has 1 aromatic heterocycles. The minimum atomic E-state index is 0.0121. The summed E-state index contributed by atoms with van der Waals surface area (Å²) < 4.78 is 3.31. The van der Waals surface area contributed by atoms with Crippen molar-refractivity contribution in [2.45, 2.75) is 13.5 Å². The fourth-order valence-corrected chi connectivity index (χ4v) is 2.39. The Bertz CT molecular complexity index is 610. The molecule has 1 aromatic carbocycles. The maximum absolute atomic E-state index is 12.0. The van der Waals surface area contributed by atoms with Crippen LogP contribution in [0.4, 0.5) is 0 Å². The van der Waals surface area contributed by atoms with Gasteiger partial charge in [0.1, 0.15) is 0 Å². The summed E-state index contributed by atoms with van der Waals surface area (Å²) in [6.07, 6.45) is 1.60. The largest absolute Gasteiger partial charge is 0.294 e. The second kappa shape index (κ2) is 5.30. The fraction of sp³-hybridized carbons (Fsp3) is 0.167. The Kier molecular flexibility index (Phi) is 3.98. The minimum absolute atomic E-state index is 0.0121. The highest BCUT2D eigenvalue weighted by molar-refractivity contribution is 14.1. The first kappa shape index (κ1) is 12.8. The van der Waals surface area contributed by atoms with E-state index in [9.17, 15) is 4.79 Å². The Morgan fingerprint density at radius 1 is 1.47 bits per heavy atom. The SMILES string of the molecule is Cc1ncn(Cc2cccc(Br)c2)c(=O)c1I. The van der Waals surface area contributed by atoms with Crippen LogP contribution in [0.5, 0.6) is 0 Å². The predicted molar refractivity (Wildman–Crippen MR) is 79.2 cm³/mol. The molecule has 1 heterocycles. The molecule has 17 heavy (non-hydrogen) atoms. The highest BCUT2D eigenvalue weighted by Crippen LogP contribution is 2.12. The van der Waals surface area contributed by atoms with Crippen LogP contribution in [0.2, 0.25) is 0 Å². The van der Waals surface area contributed by atoms with E-state index in [0.29, 0.717) is 10.1 Å². The van der Waals surface area contributed by atoms with Crippen LogP contribution >= 0.6 is 38.5 Å². The van der Waals surface area contributed by atoms with Crippen molar-refractivity contribution in [2.75, 3.05) is 0 Å². The summed E-state index contributed by atoms with van der Waals surface area (Å²) in [6, 6.07) is 7.91. The van der Waals surface area contributed by atoms with Gasteiger partial charge in [0.2, 0.25) is 0 Å².